The van der Waals surface area contributed by atoms with E-state index in [0.29, 0.717) is 40.6 Å². The first-order valence-corrected chi connectivity index (χ1v) is 12.1. The van der Waals surface area contributed by atoms with Crippen LogP contribution in [0.5, 0.6) is 5.75 Å². The lowest BCUT2D eigenvalue weighted by atomic mass is 10.1. The molecule has 0 aliphatic heterocycles. The molecule has 1 aromatic carbocycles. The number of benzene rings is 1. The van der Waals surface area contributed by atoms with E-state index in [2.05, 4.69) is 30.1 Å². The zero-order chi connectivity index (χ0) is 26.2. The van der Waals surface area contributed by atoms with Crippen LogP contribution in [0.1, 0.15) is 5.56 Å². The number of aryl methyl sites for hydroxylation is 1. The van der Waals surface area contributed by atoms with Crippen LogP contribution in [0, 0.1) is 12.7 Å². The minimum Gasteiger partial charge on any atom is -0.492 e. The number of aromatic nitrogens is 7. The second-order valence-electron chi connectivity index (χ2n) is 9.35. The van der Waals surface area contributed by atoms with Crippen molar-refractivity contribution < 1.29 is 9.13 Å². The van der Waals surface area contributed by atoms with E-state index in [4.69, 9.17) is 9.72 Å². The van der Waals surface area contributed by atoms with E-state index in [1.807, 2.05) is 50.2 Å². The fraction of sp³-hybridized carbons (Fsp3) is 0.179. The minimum atomic E-state index is -0.382. The summed E-state index contributed by atoms with van der Waals surface area (Å²) < 4.78 is 20.3. The van der Waals surface area contributed by atoms with Crippen molar-refractivity contribution in [3.8, 4) is 39.7 Å². The normalized spacial score (nSPS) is 11.6. The molecule has 38 heavy (non-hydrogen) atoms. The van der Waals surface area contributed by atoms with Crippen LogP contribution in [-0.4, -0.2) is 67.3 Å². The molecule has 6 rings (SSSR count). The van der Waals surface area contributed by atoms with Gasteiger partial charge < -0.3 is 14.6 Å². The van der Waals surface area contributed by atoms with Crippen LogP contribution >= 0.6 is 0 Å². The Hall–Kier alpha value is -4.70. The summed E-state index contributed by atoms with van der Waals surface area (Å²) in [4.78, 5) is 23.4. The summed E-state index contributed by atoms with van der Waals surface area (Å²) in [6.45, 7) is 3.20. The van der Waals surface area contributed by atoms with Gasteiger partial charge in [0, 0.05) is 47.7 Å². The van der Waals surface area contributed by atoms with E-state index in [9.17, 15) is 4.39 Å². The molecule has 0 spiro atoms. The molecule has 0 saturated heterocycles. The van der Waals surface area contributed by atoms with Crippen molar-refractivity contribution in [3.63, 3.8) is 0 Å². The van der Waals surface area contributed by atoms with Crippen molar-refractivity contribution in [2.45, 2.75) is 6.92 Å². The number of nitrogens with zero attached hydrogens (tertiary/aromatic N) is 6. The number of imidazole rings is 1. The molecule has 2 N–H and O–H groups in total. The minimum absolute atomic E-state index is 0.382. The second kappa shape index (κ2) is 9.64. The van der Waals surface area contributed by atoms with Crippen molar-refractivity contribution >= 4 is 22.1 Å². The largest absolute Gasteiger partial charge is 0.492 e. The first kappa shape index (κ1) is 23.7. The van der Waals surface area contributed by atoms with Crippen LogP contribution in [0.4, 0.5) is 4.39 Å². The maximum absolute atomic E-state index is 14.5. The van der Waals surface area contributed by atoms with Crippen LogP contribution in [0.25, 0.3) is 56.0 Å². The van der Waals surface area contributed by atoms with Crippen LogP contribution in [0.15, 0.2) is 61.2 Å². The Morgan fingerprint density at radius 1 is 1.00 bits per heavy atom. The summed E-state index contributed by atoms with van der Waals surface area (Å²) in [5, 5.41) is 8.41. The highest BCUT2D eigenvalue weighted by Crippen LogP contribution is 2.33. The van der Waals surface area contributed by atoms with Gasteiger partial charge >= 0.3 is 0 Å². The number of hydrogen-bond acceptors (Lipinski definition) is 7. The van der Waals surface area contributed by atoms with Gasteiger partial charge in [-0.3, -0.25) is 15.1 Å². The molecule has 9 nitrogen and oxygen atoms in total. The monoisotopic (exact) mass is 508 g/mol. The molecule has 0 fully saturated rings. The van der Waals surface area contributed by atoms with E-state index in [1.54, 1.807) is 24.8 Å². The highest BCUT2D eigenvalue weighted by atomic mass is 19.1. The summed E-state index contributed by atoms with van der Waals surface area (Å²) in [5.41, 5.74) is 6.82. The standard InChI is InChI=1S/C28H25FN8O/c1-16-4-6-30-14-22(16)23-13-21-24(15-32-23)35-36-26(21)28-33-25-20(5-7-31-27(25)34-28)17-10-18(29)12-19(11-17)38-9-8-37(2)3/h4-7,10-15H,8-9H2,1-3H3,(H,35,36)(H,31,33,34). The fourth-order valence-corrected chi connectivity index (χ4v) is 4.38. The summed E-state index contributed by atoms with van der Waals surface area (Å²) in [6.07, 6.45) is 6.99. The Labute approximate surface area is 217 Å². The van der Waals surface area contributed by atoms with Gasteiger partial charge in [0.25, 0.3) is 0 Å². The summed E-state index contributed by atoms with van der Waals surface area (Å²) in [5.74, 6) is 0.629. The van der Waals surface area contributed by atoms with E-state index < -0.39 is 0 Å². The maximum Gasteiger partial charge on any atom is 0.160 e. The van der Waals surface area contributed by atoms with Gasteiger partial charge in [-0.2, -0.15) is 5.10 Å². The predicted octanol–water partition coefficient (Wildman–Crippen LogP) is 5.01. The van der Waals surface area contributed by atoms with Crippen LogP contribution in [0.3, 0.4) is 0 Å². The smallest absolute Gasteiger partial charge is 0.160 e. The summed E-state index contributed by atoms with van der Waals surface area (Å²) >= 11 is 0. The van der Waals surface area contributed by atoms with E-state index in [0.717, 1.165) is 39.8 Å². The second-order valence-corrected chi connectivity index (χ2v) is 9.35. The third-order valence-corrected chi connectivity index (χ3v) is 6.36. The molecule has 5 heterocycles. The number of ether oxygens (including phenoxy) is 1. The average Bonchev–Trinajstić information content (AvgIpc) is 3.52. The zero-order valence-electron chi connectivity index (χ0n) is 21.2. The third-order valence-electron chi connectivity index (χ3n) is 6.36. The maximum atomic E-state index is 14.5. The molecule has 190 valence electrons. The number of hydrogen-bond donors (Lipinski definition) is 2. The summed E-state index contributed by atoms with van der Waals surface area (Å²) in [6, 6.07) is 10.4. The number of likely N-dealkylation sites (N-methyl/N-ethyl adjacent to an activating group) is 1. The van der Waals surface area contributed by atoms with Gasteiger partial charge in [-0.05, 0) is 62.5 Å². The molecular weight excluding hydrogens is 483 g/mol. The Kier molecular flexibility index (Phi) is 6.01. The molecule has 0 aliphatic rings. The van der Waals surface area contributed by atoms with Gasteiger partial charge in [0.05, 0.1) is 17.4 Å². The highest BCUT2D eigenvalue weighted by molar-refractivity contribution is 5.96. The van der Waals surface area contributed by atoms with Gasteiger partial charge in [-0.25, -0.2) is 14.4 Å². The van der Waals surface area contributed by atoms with Gasteiger partial charge in [0.2, 0.25) is 0 Å². The Morgan fingerprint density at radius 2 is 1.89 bits per heavy atom. The number of H-pyrrole nitrogens is 2. The first-order valence-electron chi connectivity index (χ1n) is 12.1. The fourth-order valence-electron chi connectivity index (χ4n) is 4.38. The molecule has 0 atom stereocenters. The van der Waals surface area contributed by atoms with Gasteiger partial charge in [0.15, 0.2) is 11.5 Å². The molecule has 0 radical (unpaired) electrons. The van der Waals surface area contributed by atoms with Gasteiger partial charge in [-0.1, -0.05) is 0 Å². The third kappa shape index (κ3) is 4.46. The topological polar surface area (TPSA) is 109 Å². The molecule has 0 aliphatic carbocycles. The summed E-state index contributed by atoms with van der Waals surface area (Å²) in [7, 11) is 3.92. The highest BCUT2D eigenvalue weighted by Gasteiger charge is 2.18. The van der Waals surface area contributed by atoms with Crippen molar-refractivity contribution in [2.24, 2.45) is 0 Å². The van der Waals surface area contributed by atoms with Crippen molar-refractivity contribution in [3.05, 3.63) is 72.6 Å². The molecule has 0 saturated carbocycles. The number of halogens is 1. The Bertz CT molecular complexity index is 1770. The van der Waals surface area contributed by atoms with E-state index in [-0.39, 0.29) is 5.82 Å². The van der Waals surface area contributed by atoms with Crippen molar-refractivity contribution in [2.75, 3.05) is 27.2 Å². The Balaban J connectivity index is 1.41. The molecule has 5 aromatic heterocycles. The molecule has 0 amide bonds. The first-order chi connectivity index (χ1) is 18.5. The number of aromatic amines is 2. The van der Waals surface area contributed by atoms with Crippen LogP contribution in [-0.2, 0) is 0 Å². The number of pyridine rings is 3. The lowest BCUT2D eigenvalue weighted by Gasteiger charge is -2.12. The number of rotatable bonds is 7. The van der Waals surface area contributed by atoms with E-state index >= 15 is 0 Å². The lowest BCUT2D eigenvalue weighted by Crippen LogP contribution is -2.19. The molecule has 10 heteroatoms. The van der Waals surface area contributed by atoms with Gasteiger partial charge in [0.1, 0.15) is 29.4 Å². The van der Waals surface area contributed by atoms with E-state index in [1.165, 1.54) is 12.1 Å². The predicted molar refractivity (Wildman–Crippen MR) is 144 cm³/mol. The molecule has 0 unspecified atom stereocenters. The van der Waals surface area contributed by atoms with Gasteiger partial charge in [-0.15, -0.1) is 0 Å². The lowest BCUT2D eigenvalue weighted by molar-refractivity contribution is 0.260. The Morgan fingerprint density at radius 3 is 2.74 bits per heavy atom. The SMILES string of the molecule is Cc1ccncc1-c1cc2c(-c3nc4c(-c5cc(F)cc(OCCN(C)C)c5)ccnc4[nH]3)n[nH]c2cn1. The molecular formula is C28H25FN8O. The van der Waals surface area contributed by atoms with Crippen LogP contribution in [0.2, 0.25) is 0 Å². The zero-order valence-corrected chi connectivity index (χ0v) is 21.2. The molecule has 6 aromatic rings. The van der Waals surface area contributed by atoms with Crippen LogP contribution < -0.4 is 4.74 Å². The number of fused-ring (bicyclic) bond motifs is 2. The van der Waals surface area contributed by atoms with Crippen molar-refractivity contribution in [1.29, 1.82) is 0 Å². The average molecular weight is 509 g/mol. The van der Waals surface area contributed by atoms with Crippen molar-refractivity contribution in [1.82, 2.24) is 40.0 Å². The number of nitrogens with one attached hydrogen (secondary N) is 2. The molecule has 0 bridgehead atoms. The quantitative estimate of drug-likeness (QED) is 0.312.